The molecule has 6 aliphatic rings. The number of aliphatic hydroxyl groups is 1. The molecule has 0 amide bonds. The van der Waals surface area contributed by atoms with Gasteiger partial charge in [-0.3, -0.25) is 0 Å². The number of hydrogen-bond acceptors (Lipinski definition) is 5. The van der Waals surface area contributed by atoms with Crippen LogP contribution in [0.15, 0.2) is 11.6 Å². The molecule has 0 bridgehead atoms. The van der Waals surface area contributed by atoms with Crippen LogP contribution in [0.2, 0.25) is 0 Å². The van der Waals surface area contributed by atoms with Gasteiger partial charge < -0.3 is 24.1 Å². The molecule has 5 nitrogen and oxygen atoms in total. The second-order valence-corrected chi connectivity index (χ2v) is 10.6. The highest BCUT2D eigenvalue weighted by Crippen LogP contribution is 2.69. The lowest BCUT2D eigenvalue weighted by Gasteiger charge is -2.61. The number of hydrogen-bond donors (Lipinski definition) is 1. The molecule has 0 aromatic rings. The molecule has 5 heteroatoms. The molecule has 2 aliphatic heterocycles. The standard InChI is InChI=1S/C23H34O5/c1-20-7-8-22(25-9-10-26-22)13-15(20)3-4-16-17-5-6-23(27-11-12-28-23)21(17,2)14-18(24)19(16)20/h3,16-19,24H,4-14H2,1-2H3/t16?,17?,18-,19?,20-,21-/m0/s1. The van der Waals surface area contributed by atoms with Gasteiger partial charge in [-0.05, 0) is 48.9 Å². The van der Waals surface area contributed by atoms with Crippen LogP contribution in [0.5, 0.6) is 0 Å². The Bertz CT molecular complexity index is 691. The van der Waals surface area contributed by atoms with E-state index in [-0.39, 0.29) is 16.9 Å². The predicted molar refractivity (Wildman–Crippen MR) is 102 cm³/mol. The summed E-state index contributed by atoms with van der Waals surface area (Å²) in [4.78, 5) is 0. The largest absolute Gasteiger partial charge is 0.393 e. The van der Waals surface area contributed by atoms with Gasteiger partial charge in [-0.1, -0.05) is 25.5 Å². The van der Waals surface area contributed by atoms with E-state index < -0.39 is 11.6 Å². The van der Waals surface area contributed by atoms with E-state index in [9.17, 15) is 5.11 Å². The summed E-state index contributed by atoms with van der Waals surface area (Å²) in [5.74, 6) is 0.532. The van der Waals surface area contributed by atoms with Crippen LogP contribution >= 0.6 is 0 Å². The van der Waals surface area contributed by atoms with E-state index in [1.165, 1.54) is 5.57 Å². The molecule has 0 radical (unpaired) electrons. The molecule has 6 atom stereocenters. The molecule has 5 fully saturated rings. The predicted octanol–water partition coefficient (Wildman–Crippen LogP) is 3.41. The van der Waals surface area contributed by atoms with Crippen molar-refractivity contribution in [1.82, 2.24) is 0 Å². The van der Waals surface area contributed by atoms with Crippen molar-refractivity contribution < 1.29 is 24.1 Å². The topological polar surface area (TPSA) is 57.2 Å². The average Bonchev–Trinajstić information content (AvgIpc) is 3.38. The maximum atomic E-state index is 11.5. The van der Waals surface area contributed by atoms with Crippen LogP contribution in [0.3, 0.4) is 0 Å². The third-order valence-corrected chi connectivity index (χ3v) is 9.66. The molecule has 2 spiro atoms. The highest BCUT2D eigenvalue weighted by Gasteiger charge is 2.69. The molecule has 28 heavy (non-hydrogen) atoms. The van der Waals surface area contributed by atoms with E-state index in [0.717, 1.165) is 44.9 Å². The first kappa shape index (κ1) is 18.3. The molecule has 0 aromatic heterocycles. The summed E-state index contributed by atoms with van der Waals surface area (Å²) < 4.78 is 24.5. The molecule has 1 N–H and O–H groups in total. The van der Waals surface area contributed by atoms with Crippen molar-refractivity contribution in [2.24, 2.45) is 28.6 Å². The fraction of sp³-hybridized carbons (Fsp3) is 0.913. The minimum atomic E-state index is -0.462. The van der Waals surface area contributed by atoms with Gasteiger partial charge in [-0.15, -0.1) is 0 Å². The van der Waals surface area contributed by atoms with Gasteiger partial charge in [0.1, 0.15) is 0 Å². The van der Waals surface area contributed by atoms with Crippen LogP contribution < -0.4 is 0 Å². The average molecular weight is 391 g/mol. The number of fused-ring (bicyclic) bond motifs is 6. The van der Waals surface area contributed by atoms with Crippen molar-refractivity contribution >= 4 is 0 Å². The van der Waals surface area contributed by atoms with Crippen molar-refractivity contribution in [1.29, 1.82) is 0 Å². The van der Waals surface area contributed by atoms with Gasteiger partial charge in [0, 0.05) is 24.7 Å². The van der Waals surface area contributed by atoms with Crippen LogP contribution in [0.25, 0.3) is 0 Å². The Morgan fingerprint density at radius 2 is 1.68 bits per heavy atom. The Hall–Kier alpha value is -0.460. The fourth-order valence-electron chi connectivity index (χ4n) is 8.36. The van der Waals surface area contributed by atoms with Crippen LogP contribution in [-0.2, 0) is 18.9 Å². The molecule has 156 valence electrons. The third kappa shape index (κ3) is 2.15. The summed E-state index contributed by atoms with van der Waals surface area (Å²) in [5.41, 5.74) is 1.43. The Balaban J connectivity index is 1.35. The first-order chi connectivity index (χ1) is 13.4. The third-order valence-electron chi connectivity index (χ3n) is 9.66. The van der Waals surface area contributed by atoms with Crippen molar-refractivity contribution in [3.8, 4) is 0 Å². The second-order valence-electron chi connectivity index (χ2n) is 10.6. The SMILES string of the molecule is C[C@]12CCC3(CC1=CCC1C2[C@@H](O)C[C@@]2(C)C1CCC21OCCO1)OCCO3. The molecule has 2 saturated heterocycles. The highest BCUT2D eigenvalue weighted by molar-refractivity contribution is 5.28. The van der Waals surface area contributed by atoms with Gasteiger partial charge in [0.15, 0.2) is 11.6 Å². The lowest BCUT2D eigenvalue weighted by molar-refractivity contribution is -0.258. The summed E-state index contributed by atoms with van der Waals surface area (Å²) in [6.45, 7) is 7.53. The van der Waals surface area contributed by atoms with E-state index in [1.54, 1.807) is 0 Å². The maximum Gasteiger partial charge on any atom is 0.174 e. The van der Waals surface area contributed by atoms with E-state index >= 15 is 0 Å². The van der Waals surface area contributed by atoms with Crippen molar-refractivity contribution in [3.05, 3.63) is 11.6 Å². The first-order valence-electron chi connectivity index (χ1n) is 11.3. The molecule has 3 saturated carbocycles. The quantitative estimate of drug-likeness (QED) is 0.643. The van der Waals surface area contributed by atoms with Gasteiger partial charge in [-0.2, -0.15) is 0 Å². The Morgan fingerprint density at radius 3 is 2.43 bits per heavy atom. The zero-order chi connectivity index (χ0) is 19.2. The number of ether oxygens (including phenoxy) is 4. The summed E-state index contributed by atoms with van der Waals surface area (Å²) in [6, 6.07) is 0. The summed E-state index contributed by atoms with van der Waals surface area (Å²) in [6.07, 6.45) is 9.00. The van der Waals surface area contributed by atoms with Crippen LogP contribution in [0, 0.1) is 28.6 Å². The number of aliphatic hydroxyl groups excluding tert-OH is 1. The number of rotatable bonds is 0. The summed E-state index contributed by atoms with van der Waals surface area (Å²) in [7, 11) is 0. The molecule has 4 aliphatic carbocycles. The minimum absolute atomic E-state index is 0.0529. The number of allylic oxidation sites excluding steroid dienone is 1. The van der Waals surface area contributed by atoms with Crippen LogP contribution in [-0.4, -0.2) is 49.2 Å². The molecular weight excluding hydrogens is 356 g/mol. The van der Waals surface area contributed by atoms with E-state index in [0.29, 0.717) is 44.2 Å². The van der Waals surface area contributed by atoms with E-state index in [4.69, 9.17) is 18.9 Å². The van der Waals surface area contributed by atoms with Gasteiger partial charge in [-0.25, -0.2) is 0 Å². The summed E-state index contributed by atoms with van der Waals surface area (Å²) in [5, 5.41) is 11.5. The van der Waals surface area contributed by atoms with Crippen LogP contribution in [0.1, 0.15) is 58.8 Å². The zero-order valence-corrected chi connectivity index (χ0v) is 17.2. The van der Waals surface area contributed by atoms with Gasteiger partial charge in [0.2, 0.25) is 0 Å². The molecule has 0 aromatic carbocycles. The Labute approximate surface area is 167 Å². The lowest BCUT2D eigenvalue weighted by Crippen LogP contribution is -2.60. The van der Waals surface area contributed by atoms with Crippen molar-refractivity contribution in [2.45, 2.75) is 76.5 Å². The zero-order valence-electron chi connectivity index (χ0n) is 17.2. The van der Waals surface area contributed by atoms with E-state index in [1.807, 2.05) is 0 Å². The Morgan fingerprint density at radius 1 is 0.964 bits per heavy atom. The van der Waals surface area contributed by atoms with E-state index in [2.05, 4.69) is 19.9 Å². The fourth-order valence-corrected chi connectivity index (χ4v) is 8.36. The summed E-state index contributed by atoms with van der Waals surface area (Å²) >= 11 is 0. The molecule has 3 unspecified atom stereocenters. The van der Waals surface area contributed by atoms with Gasteiger partial charge in [0.25, 0.3) is 0 Å². The Kier molecular flexibility index (Phi) is 3.81. The van der Waals surface area contributed by atoms with Gasteiger partial charge in [0.05, 0.1) is 32.5 Å². The molecule has 2 heterocycles. The maximum absolute atomic E-state index is 11.5. The molecule has 6 rings (SSSR count). The monoisotopic (exact) mass is 390 g/mol. The first-order valence-corrected chi connectivity index (χ1v) is 11.3. The minimum Gasteiger partial charge on any atom is -0.393 e. The van der Waals surface area contributed by atoms with Gasteiger partial charge >= 0.3 is 0 Å². The van der Waals surface area contributed by atoms with Crippen molar-refractivity contribution in [3.63, 3.8) is 0 Å². The second kappa shape index (κ2) is 5.82. The van der Waals surface area contributed by atoms with Crippen molar-refractivity contribution in [2.75, 3.05) is 26.4 Å². The highest BCUT2D eigenvalue weighted by atomic mass is 16.7. The molecular formula is C23H34O5. The lowest BCUT2D eigenvalue weighted by atomic mass is 9.46. The normalized spacial score (nSPS) is 51.0. The van der Waals surface area contributed by atoms with Crippen LogP contribution in [0.4, 0.5) is 0 Å². The smallest absolute Gasteiger partial charge is 0.174 e.